The largest absolute Gasteiger partial charge is 0.497 e. The van der Waals surface area contributed by atoms with Gasteiger partial charge < -0.3 is 14.2 Å². The SMILES string of the molecule is CCn1nc(-c2ccc(OC)c(S(=O)(=O)Nc3cc(OC)ccc3OC)c2)c2c(c1=O)CCCC2. The van der Waals surface area contributed by atoms with Crippen LogP contribution < -0.4 is 24.5 Å². The van der Waals surface area contributed by atoms with Crippen molar-refractivity contribution >= 4 is 15.7 Å². The molecule has 35 heavy (non-hydrogen) atoms. The Labute approximate surface area is 204 Å². The van der Waals surface area contributed by atoms with E-state index in [2.05, 4.69) is 9.82 Å². The number of sulfonamides is 1. The van der Waals surface area contributed by atoms with Crippen molar-refractivity contribution in [3.63, 3.8) is 0 Å². The van der Waals surface area contributed by atoms with Crippen LogP contribution in [0, 0.1) is 0 Å². The van der Waals surface area contributed by atoms with Crippen molar-refractivity contribution in [3.8, 4) is 28.5 Å². The molecule has 0 unspecified atom stereocenters. The van der Waals surface area contributed by atoms with Crippen molar-refractivity contribution in [2.24, 2.45) is 0 Å². The molecular formula is C25H29N3O6S. The molecule has 2 aromatic carbocycles. The molecule has 0 radical (unpaired) electrons. The van der Waals surface area contributed by atoms with Crippen LogP contribution in [0.2, 0.25) is 0 Å². The molecule has 1 aliphatic carbocycles. The van der Waals surface area contributed by atoms with Crippen molar-refractivity contribution in [3.05, 3.63) is 57.9 Å². The number of hydrogen-bond donors (Lipinski definition) is 1. The molecule has 1 N–H and O–H groups in total. The zero-order valence-corrected chi connectivity index (χ0v) is 21.1. The van der Waals surface area contributed by atoms with E-state index in [-0.39, 0.29) is 21.9 Å². The number of hydrogen-bond acceptors (Lipinski definition) is 7. The van der Waals surface area contributed by atoms with E-state index in [0.717, 1.165) is 30.4 Å². The van der Waals surface area contributed by atoms with E-state index in [4.69, 9.17) is 14.2 Å². The van der Waals surface area contributed by atoms with E-state index in [9.17, 15) is 13.2 Å². The number of methoxy groups -OCH3 is 3. The van der Waals surface area contributed by atoms with E-state index in [0.29, 0.717) is 35.7 Å². The number of rotatable bonds is 8. The third kappa shape index (κ3) is 4.70. The lowest BCUT2D eigenvalue weighted by Gasteiger charge is -2.21. The first-order chi connectivity index (χ1) is 16.8. The second-order valence-electron chi connectivity index (χ2n) is 8.17. The highest BCUT2D eigenvalue weighted by Crippen LogP contribution is 2.36. The van der Waals surface area contributed by atoms with Gasteiger partial charge >= 0.3 is 0 Å². The fourth-order valence-corrected chi connectivity index (χ4v) is 5.62. The molecule has 3 aromatic rings. The van der Waals surface area contributed by atoms with Gasteiger partial charge in [0.25, 0.3) is 15.6 Å². The molecule has 1 aliphatic rings. The minimum absolute atomic E-state index is 0.0528. The van der Waals surface area contributed by atoms with E-state index in [1.165, 1.54) is 32.1 Å². The van der Waals surface area contributed by atoms with Gasteiger partial charge in [0.2, 0.25) is 0 Å². The molecule has 186 valence electrons. The topological polar surface area (TPSA) is 109 Å². The average molecular weight is 500 g/mol. The molecule has 1 heterocycles. The number of nitrogens with zero attached hydrogens (tertiary/aromatic N) is 2. The molecule has 4 rings (SSSR count). The Bertz CT molecular complexity index is 1420. The Morgan fingerprint density at radius 3 is 2.29 bits per heavy atom. The van der Waals surface area contributed by atoms with E-state index < -0.39 is 10.0 Å². The Morgan fingerprint density at radius 2 is 1.63 bits per heavy atom. The summed E-state index contributed by atoms with van der Waals surface area (Å²) >= 11 is 0. The third-order valence-corrected chi connectivity index (χ3v) is 7.53. The highest BCUT2D eigenvalue weighted by molar-refractivity contribution is 7.92. The lowest BCUT2D eigenvalue weighted by atomic mass is 9.90. The number of anilines is 1. The van der Waals surface area contributed by atoms with Crippen LogP contribution in [0.15, 0.2) is 46.1 Å². The maximum atomic E-state index is 13.5. The summed E-state index contributed by atoms with van der Waals surface area (Å²) < 4.78 is 47.0. The van der Waals surface area contributed by atoms with Gasteiger partial charge in [0, 0.05) is 23.7 Å². The molecule has 10 heteroatoms. The van der Waals surface area contributed by atoms with Gasteiger partial charge in [-0.15, -0.1) is 0 Å². The predicted molar refractivity (Wildman–Crippen MR) is 133 cm³/mol. The molecule has 0 fully saturated rings. The van der Waals surface area contributed by atoms with Crippen LogP contribution in [0.3, 0.4) is 0 Å². The van der Waals surface area contributed by atoms with Gasteiger partial charge in [0.05, 0.1) is 32.7 Å². The number of benzene rings is 2. The zero-order chi connectivity index (χ0) is 25.2. The third-order valence-electron chi connectivity index (χ3n) is 6.14. The lowest BCUT2D eigenvalue weighted by molar-refractivity contribution is 0.402. The minimum atomic E-state index is -4.10. The maximum Gasteiger partial charge on any atom is 0.270 e. The van der Waals surface area contributed by atoms with Crippen molar-refractivity contribution in [2.75, 3.05) is 26.1 Å². The first-order valence-electron chi connectivity index (χ1n) is 11.4. The van der Waals surface area contributed by atoms with Gasteiger partial charge in [-0.05, 0) is 68.5 Å². The molecule has 0 spiro atoms. The summed E-state index contributed by atoms with van der Waals surface area (Å²) in [7, 11) is 0.271. The van der Waals surface area contributed by atoms with Crippen LogP contribution in [-0.4, -0.2) is 39.5 Å². The fraction of sp³-hybridized carbons (Fsp3) is 0.360. The smallest absolute Gasteiger partial charge is 0.270 e. The highest BCUT2D eigenvalue weighted by atomic mass is 32.2. The number of aryl methyl sites for hydroxylation is 1. The Hall–Kier alpha value is -3.53. The fourth-order valence-electron chi connectivity index (χ4n) is 4.36. The summed E-state index contributed by atoms with van der Waals surface area (Å²) in [4.78, 5) is 12.8. The zero-order valence-electron chi connectivity index (χ0n) is 20.3. The van der Waals surface area contributed by atoms with E-state index in [1.54, 1.807) is 30.3 Å². The number of nitrogens with one attached hydrogen (secondary N) is 1. The van der Waals surface area contributed by atoms with Gasteiger partial charge in [-0.1, -0.05) is 0 Å². The Morgan fingerprint density at radius 1 is 0.943 bits per heavy atom. The van der Waals surface area contributed by atoms with Crippen LogP contribution in [-0.2, 0) is 29.4 Å². The van der Waals surface area contributed by atoms with Gasteiger partial charge in [0.15, 0.2) is 0 Å². The summed E-state index contributed by atoms with van der Waals surface area (Å²) in [5.41, 5.74) is 3.04. The second-order valence-corrected chi connectivity index (χ2v) is 9.82. The Kier molecular flexibility index (Phi) is 7.02. The minimum Gasteiger partial charge on any atom is -0.497 e. The van der Waals surface area contributed by atoms with Gasteiger partial charge in [-0.2, -0.15) is 5.10 Å². The molecule has 0 bridgehead atoms. The highest BCUT2D eigenvalue weighted by Gasteiger charge is 2.26. The molecule has 1 aromatic heterocycles. The summed E-state index contributed by atoms with van der Waals surface area (Å²) in [5.74, 6) is 0.998. The predicted octanol–water partition coefficient (Wildman–Crippen LogP) is 3.64. The van der Waals surface area contributed by atoms with Crippen LogP contribution in [0.4, 0.5) is 5.69 Å². The van der Waals surface area contributed by atoms with Crippen molar-refractivity contribution < 1.29 is 22.6 Å². The molecule has 0 amide bonds. The molecule has 0 saturated heterocycles. The first-order valence-corrected chi connectivity index (χ1v) is 12.9. The molecule has 0 aliphatic heterocycles. The normalized spacial score (nSPS) is 13.1. The first kappa shape index (κ1) is 24.6. The lowest BCUT2D eigenvalue weighted by Crippen LogP contribution is -2.30. The average Bonchev–Trinajstić information content (AvgIpc) is 2.88. The Balaban J connectivity index is 1.85. The number of ether oxygens (including phenoxy) is 3. The molecule has 0 saturated carbocycles. The summed E-state index contributed by atoms with van der Waals surface area (Å²) in [6.45, 7) is 2.29. The molecule has 0 atom stereocenters. The van der Waals surface area contributed by atoms with Crippen LogP contribution >= 0.6 is 0 Å². The quantitative estimate of drug-likeness (QED) is 0.504. The maximum absolute atomic E-state index is 13.5. The molecule has 9 nitrogen and oxygen atoms in total. The monoisotopic (exact) mass is 499 g/mol. The van der Waals surface area contributed by atoms with Crippen molar-refractivity contribution in [2.45, 2.75) is 44.0 Å². The summed E-state index contributed by atoms with van der Waals surface area (Å²) in [5, 5.41) is 4.60. The van der Waals surface area contributed by atoms with Crippen LogP contribution in [0.1, 0.15) is 30.9 Å². The van der Waals surface area contributed by atoms with Crippen molar-refractivity contribution in [1.82, 2.24) is 9.78 Å². The number of fused-ring (bicyclic) bond motifs is 1. The van der Waals surface area contributed by atoms with E-state index in [1.807, 2.05) is 6.92 Å². The van der Waals surface area contributed by atoms with Gasteiger partial charge in [0.1, 0.15) is 22.1 Å². The standard InChI is InChI=1S/C25H29N3O6S/c1-5-28-25(29)19-9-7-6-8-18(19)24(26-28)16-10-12-22(34-4)23(14-16)35(30,31)27-20-15-17(32-2)11-13-21(20)33-3/h10-15,27H,5-9H2,1-4H3. The van der Waals surface area contributed by atoms with Crippen LogP contribution in [0.5, 0.6) is 17.2 Å². The van der Waals surface area contributed by atoms with E-state index >= 15 is 0 Å². The molecular weight excluding hydrogens is 470 g/mol. The number of aromatic nitrogens is 2. The van der Waals surface area contributed by atoms with Crippen LogP contribution in [0.25, 0.3) is 11.3 Å². The van der Waals surface area contributed by atoms with Gasteiger partial charge in [-0.25, -0.2) is 13.1 Å². The van der Waals surface area contributed by atoms with Gasteiger partial charge in [-0.3, -0.25) is 9.52 Å². The summed E-state index contributed by atoms with van der Waals surface area (Å²) in [6.07, 6.45) is 3.33. The van der Waals surface area contributed by atoms with Crippen molar-refractivity contribution in [1.29, 1.82) is 0 Å². The summed E-state index contributed by atoms with van der Waals surface area (Å²) in [6, 6.07) is 9.75. The second kappa shape index (κ2) is 9.99.